The molecule has 0 saturated carbocycles. The number of thiophene rings is 1. The second-order valence-corrected chi connectivity index (χ2v) is 9.04. The Bertz CT molecular complexity index is 1010. The molecule has 0 aliphatic heterocycles. The number of nitrogens with one attached hydrogen (secondary N) is 1. The number of rotatable bonds is 10. The summed E-state index contributed by atoms with van der Waals surface area (Å²) in [5, 5.41) is 15.5. The molecule has 0 spiro atoms. The van der Waals surface area contributed by atoms with Crippen LogP contribution in [0, 0.1) is 5.82 Å². The van der Waals surface area contributed by atoms with Crippen LogP contribution in [0.2, 0.25) is 11.8 Å². The third-order valence-corrected chi connectivity index (χ3v) is 6.35. The SMILES string of the molecule is CCOC(=O)C(C[C@@H](Cc1ccc(-c2cc(Cl)ccc2F)cc1)NB(C)O)c1cccs1. The second kappa shape index (κ2) is 11.6. The maximum Gasteiger partial charge on any atom is 0.373 e. The van der Waals surface area contributed by atoms with E-state index >= 15 is 0 Å². The van der Waals surface area contributed by atoms with Crippen molar-refractivity contribution in [3.8, 4) is 11.1 Å². The Balaban J connectivity index is 1.79. The first-order valence-electron chi connectivity index (χ1n) is 10.6. The molecule has 1 unspecified atom stereocenters. The van der Waals surface area contributed by atoms with Crippen molar-refractivity contribution in [2.45, 2.75) is 38.5 Å². The minimum absolute atomic E-state index is 0.166. The summed E-state index contributed by atoms with van der Waals surface area (Å²) in [7, 11) is -0.731. The first-order valence-corrected chi connectivity index (χ1v) is 11.8. The summed E-state index contributed by atoms with van der Waals surface area (Å²) >= 11 is 7.54. The van der Waals surface area contributed by atoms with Gasteiger partial charge in [0.25, 0.3) is 0 Å². The fourth-order valence-electron chi connectivity index (χ4n) is 3.72. The van der Waals surface area contributed by atoms with Crippen molar-refractivity contribution in [2.75, 3.05) is 6.61 Å². The van der Waals surface area contributed by atoms with E-state index < -0.39 is 13.0 Å². The van der Waals surface area contributed by atoms with E-state index in [0.29, 0.717) is 30.0 Å². The molecule has 3 rings (SSSR count). The van der Waals surface area contributed by atoms with Gasteiger partial charge >= 0.3 is 13.0 Å². The summed E-state index contributed by atoms with van der Waals surface area (Å²) in [5.41, 5.74) is 2.18. The predicted molar refractivity (Wildman–Crippen MR) is 130 cm³/mol. The smallest absolute Gasteiger partial charge is 0.373 e. The molecule has 0 bridgehead atoms. The minimum Gasteiger partial charge on any atom is -0.465 e. The highest BCUT2D eigenvalue weighted by atomic mass is 35.5. The van der Waals surface area contributed by atoms with Gasteiger partial charge in [-0.1, -0.05) is 41.9 Å². The Labute approximate surface area is 197 Å². The van der Waals surface area contributed by atoms with Crippen LogP contribution < -0.4 is 5.23 Å². The highest BCUT2D eigenvalue weighted by Gasteiger charge is 2.28. The van der Waals surface area contributed by atoms with Crippen LogP contribution in [0.5, 0.6) is 0 Å². The van der Waals surface area contributed by atoms with E-state index in [0.717, 1.165) is 16.0 Å². The first-order chi connectivity index (χ1) is 15.4. The lowest BCUT2D eigenvalue weighted by Gasteiger charge is -2.24. The van der Waals surface area contributed by atoms with Crippen LogP contribution in [-0.2, 0) is 16.0 Å². The number of esters is 1. The third kappa shape index (κ3) is 6.66. The van der Waals surface area contributed by atoms with Crippen LogP contribution in [0.15, 0.2) is 60.0 Å². The summed E-state index contributed by atoms with van der Waals surface area (Å²) in [6, 6.07) is 15.7. The molecule has 0 saturated heterocycles. The van der Waals surface area contributed by atoms with Gasteiger partial charge in [0, 0.05) is 21.5 Å². The Morgan fingerprint density at radius 2 is 2.00 bits per heavy atom. The van der Waals surface area contributed by atoms with Crippen LogP contribution in [0.25, 0.3) is 11.1 Å². The van der Waals surface area contributed by atoms with E-state index in [1.165, 1.54) is 23.5 Å². The van der Waals surface area contributed by atoms with E-state index in [1.54, 1.807) is 19.8 Å². The maximum atomic E-state index is 14.2. The minimum atomic E-state index is -0.731. The van der Waals surface area contributed by atoms with Crippen molar-refractivity contribution in [1.82, 2.24) is 5.23 Å². The molecule has 2 aromatic carbocycles. The normalized spacial score (nSPS) is 12.9. The Kier molecular flexibility index (Phi) is 8.88. The quantitative estimate of drug-likeness (QED) is 0.299. The van der Waals surface area contributed by atoms with Gasteiger partial charge in [-0.15, -0.1) is 11.3 Å². The van der Waals surface area contributed by atoms with Crippen LogP contribution in [0.3, 0.4) is 0 Å². The van der Waals surface area contributed by atoms with Gasteiger partial charge in [0.2, 0.25) is 0 Å². The predicted octanol–water partition coefficient (Wildman–Crippen LogP) is 5.56. The molecule has 4 nitrogen and oxygen atoms in total. The highest BCUT2D eigenvalue weighted by Crippen LogP contribution is 2.29. The fourth-order valence-corrected chi connectivity index (χ4v) is 4.72. The summed E-state index contributed by atoms with van der Waals surface area (Å²) in [5.74, 6) is -1.01. The number of carbonyl (C=O) groups excluding carboxylic acids is 1. The van der Waals surface area contributed by atoms with E-state index in [1.807, 2.05) is 41.8 Å². The van der Waals surface area contributed by atoms with Crippen molar-refractivity contribution in [3.05, 3.63) is 81.3 Å². The number of ether oxygens (including phenoxy) is 1. The number of hydrogen-bond acceptors (Lipinski definition) is 5. The Morgan fingerprint density at radius 3 is 2.62 bits per heavy atom. The molecule has 0 fully saturated rings. The molecule has 2 atom stereocenters. The molecule has 168 valence electrons. The summed E-state index contributed by atoms with van der Waals surface area (Å²) in [4.78, 5) is 13.6. The van der Waals surface area contributed by atoms with Crippen molar-refractivity contribution < 1.29 is 18.9 Å². The average Bonchev–Trinajstić information content (AvgIpc) is 3.28. The van der Waals surface area contributed by atoms with Gasteiger partial charge in [0.15, 0.2) is 0 Å². The van der Waals surface area contributed by atoms with E-state index in [-0.39, 0.29) is 17.8 Å². The highest BCUT2D eigenvalue weighted by molar-refractivity contribution is 7.10. The molecular weight excluding hydrogens is 448 g/mol. The van der Waals surface area contributed by atoms with Crippen molar-refractivity contribution >= 4 is 36.0 Å². The van der Waals surface area contributed by atoms with Gasteiger partial charge in [-0.25, -0.2) is 4.39 Å². The van der Waals surface area contributed by atoms with Gasteiger partial charge < -0.3 is 15.0 Å². The molecule has 2 N–H and O–H groups in total. The zero-order chi connectivity index (χ0) is 23.1. The molecule has 1 aromatic heterocycles. The van der Waals surface area contributed by atoms with Crippen LogP contribution >= 0.6 is 22.9 Å². The molecule has 8 heteroatoms. The van der Waals surface area contributed by atoms with Crippen molar-refractivity contribution in [3.63, 3.8) is 0 Å². The molecule has 0 aliphatic carbocycles. The monoisotopic (exact) mass is 473 g/mol. The molecular formula is C24H26BClFNO3S. The zero-order valence-corrected chi connectivity index (χ0v) is 19.6. The Hall–Kier alpha value is -2.19. The van der Waals surface area contributed by atoms with Crippen LogP contribution in [-0.4, -0.2) is 30.7 Å². The fraction of sp³-hybridized carbons (Fsp3) is 0.292. The second-order valence-electron chi connectivity index (χ2n) is 7.62. The van der Waals surface area contributed by atoms with Gasteiger partial charge in [-0.05, 0) is 67.4 Å². The first kappa shape index (κ1) is 24.5. The molecule has 0 radical (unpaired) electrons. The number of hydrogen-bond donors (Lipinski definition) is 2. The van der Waals surface area contributed by atoms with Gasteiger partial charge in [-0.3, -0.25) is 4.79 Å². The number of benzene rings is 2. The van der Waals surface area contributed by atoms with Crippen LogP contribution in [0.4, 0.5) is 4.39 Å². The van der Waals surface area contributed by atoms with Crippen LogP contribution in [0.1, 0.15) is 29.7 Å². The zero-order valence-electron chi connectivity index (χ0n) is 18.1. The van der Waals surface area contributed by atoms with E-state index in [9.17, 15) is 14.2 Å². The molecule has 3 aromatic rings. The standard InChI is InChI=1S/C24H26BClFNO3S/c1-3-31-24(29)21(23-5-4-12-32-23)15-19(28-25(2)30)13-16-6-8-17(9-7-16)20-14-18(26)10-11-22(20)27/h4-12,14,19,21,28,30H,3,13,15H2,1-2H3/t19-,21?/m1/s1. The van der Waals surface area contributed by atoms with Crippen molar-refractivity contribution in [2.24, 2.45) is 0 Å². The summed E-state index contributed by atoms with van der Waals surface area (Å²) < 4.78 is 19.5. The number of carbonyl (C=O) groups is 1. The molecule has 0 amide bonds. The lowest BCUT2D eigenvalue weighted by atomic mass is 9.83. The molecule has 32 heavy (non-hydrogen) atoms. The summed E-state index contributed by atoms with van der Waals surface area (Å²) in [6.07, 6.45) is 1.07. The summed E-state index contributed by atoms with van der Waals surface area (Å²) in [6.45, 7) is 3.76. The third-order valence-electron chi connectivity index (χ3n) is 5.13. The van der Waals surface area contributed by atoms with Gasteiger partial charge in [-0.2, -0.15) is 0 Å². The average molecular weight is 474 g/mol. The lowest BCUT2D eigenvalue weighted by molar-refractivity contribution is -0.145. The molecule has 1 heterocycles. The topological polar surface area (TPSA) is 58.6 Å². The lowest BCUT2D eigenvalue weighted by Crippen LogP contribution is -2.42. The van der Waals surface area contributed by atoms with Crippen molar-refractivity contribution in [1.29, 1.82) is 0 Å². The van der Waals surface area contributed by atoms with Gasteiger partial charge in [0.05, 0.1) is 12.5 Å². The Morgan fingerprint density at radius 1 is 1.25 bits per heavy atom. The largest absolute Gasteiger partial charge is 0.465 e. The van der Waals surface area contributed by atoms with E-state index in [4.69, 9.17) is 16.3 Å². The van der Waals surface area contributed by atoms with Gasteiger partial charge in [0.1, 0.15) is 5.82 Å². The molecule has 0 aliphatic rings. The van der Waals surface area contributed by atoms with E-state index in [2.05, 4.69) is 5.23 Å². The maximum absolute atomic E-state index is 14.2. The number of halogens is 2.